The molecule has 19 heavy (non-hydrogen) atoms. The number of benzene rings is 1. The van der Waals surface area contributed by atoms with Crippen LogP contribution in [0.15, 0.2) is 12.1 Å². The number of carboxylic acid groups (broad SMARTS) is 1. The summed E-state index contributed by atoms with van der Waals surface area (Å²) < 4.78 is 26.2. The van der Waals surface area contributed by atoms with Crippen molar-refractivity contribution < 1.29 is 28.6 Å². The van der Waals surface area contributed by atoms with Crippen LogP contribution in [0.25, 0.3) is 0 Å². The van der Waals surface area contributed by atoms with Gasteiger partial charge in [-0.25, -0.2) is 13.6 Å². The lowest BCUT2D eigenvalue weighted by atomic mass is 10.1. The van der Waals surface area contributed by atoms with Crippen LogP contribution in [0, 0.1) is 11.6 Å². The first-order valence-electron chi connectivity index (χ1n) is 5.60. The van der Waals surface area contributed by atoms with Crippen molar-refractivity contribution in [2.75, 3.05) is 13.1 Å². The number of likely N-dealkylation sites (tertiary alicyclic amines) is 1. The van der Waals surface area contributed by atoms with E-state index in [0.717, 1.165) is 0 Å². The number of amides is 1. The Morgan fingerprint density at radius 1 is 1.21 bits per heavy atom. The number of halogens is 2. The Morgan fingerprint density at radius 3 is 2.26 bits per heavy atom. The molecule has 0 saturated carbocycles. The summed E-state index contributed by atoms with van der Waals surface area (Å²) in [4.78, 5) is 24.2. The fourth-order valence-corrected chi connectivity index (χ4v) is 2.00. The molecule has 1 heterocycles. The molecular formula is C12H11F2NO4. The van der Waals surface area contributed by atoms with Crippen LogP contribution in [-0.2, 0) is 0 Å². The van der Waals surface area contributed by atoms with E-state index in [2.05, 4.69) is 0 Å². The highest BCUT2D eigenvalue weighted by Gasteiger charge is 2.29. The number of aromatic carboxylic acids is 1. The molecule has 7 heteroatoms. The Bertz CT molecular complexity index is 547. The lowest BCUT2D eigenvalue weighted by Crippen LogP contribution is -2.31. The minimum atomic E-state index is -1.51. The largest absolute Gasteiger partial charge is 0.478 e. The number of carbonyl (C=O) groups excluding carboxylic acids is 1. The summed E-state index contributed by atoms with van der Waals surface area (Å²) in [5.74, 6) is -4.85. The maximum Gasteiger partial charge on any atom is 0.336 e. The molecule has 0 spiro atoms. The average molecular weight is 271 g/mol. The third kappa shape index (κ3) is 2.55. The Labute approximate surface area is 107 Å². The van der Waals surface area contributed by atoms with E-state index in [0.29, 0.717) is 18.6 Å². The number of β-amino-alcohol motifs (C(OH)–C–C–N with tert-alkyl or cyclic N) is 1. The van der Waals surface area contributed by atoms with E-state index in [1.807, 2.05) is 0 Å². The number of rotatable bonds is 2. The van der Waals surface area contributed by atoms with Crippen molar-refractivity contribution in [1.29, 1.82) is 0 Å². The molecule has 1 fully saturated rings. The molecule has 1 aliphatic rings. The predicted molar refractivity (Wildman–Crippen MR) is 59.8 cm³/mol. The molecule has 1 aromatic carbocycles. The van der Waals surface area contributed by atoms with Gasteiger partial charge in [-0.15, -0.1) is 0 Å². The maximum atomic E-state index is 13.2. The van der Waals surface area contributed by atoms with E-state index >= 15 is 0 Å². The number of hydrogen-bond acceptors (Lipinski definition) is 3. The van der Waals surface area contributed by atoms with Crippen molar-refractivity contribution in [1.82, 2.24) is 4.90 Å². The van der Waals surface area contributed by atoms with E-state index in [1.54, 1.807) is 0 Å². The molecule has 5 nitrogen and oxygen atoms in total. The summed E-state index contributed by atoms with van der Waals surface area (Å²) in [6.45, 7) is 0.301. The standard InChI is InChI=1S/C12H11F2NO4/c13-9-3-7(8(12(18)19)4-10(9)14)11(17)15-2-1-6(16)5-15/h3-4,6,16H,1-2,5H2,(H,18,19)/t6-/m0/s1. The van der Waals surface area contributed by atoms with Crippen molar-refractivity contribution in [3.8, 4) is 0 Å². The Kier molecular flexibility index (Phi) is 3.48. The SMILES string of the molecule is O=C(O)c1cc(F)c(F)cc1C(=O)N1CC[C@H](O)C1. The Balaban J connectivity index is 2.40. The first-order chi connectivity index (χ1) is 8.90. The van der Waals surface area contributed by atoms with Gasteiger partial charge in [-0.1, -0.05) is 0 Å². The number of hydrogen-bond donors (Lipinski definition) is 2. The summed E-state index contributed by atoms with van der Waals surface area (Å²) >= 11 is 0. The minimum absolute atomic E-state index is 0.0525. The molecule has 1 aromatic rings. The molecule has 0 aliphatic carbocycles. The third-order valence-electron chi connectivity index (χ3n) is 2.97. The van der Waals surface area contributed by atoms with Crippen LogP contribution in [0.3, 0.4) is 0 Å². The fourth-order valence-electron chi connectivity index (χ4n) is 2.00. The second-order valence-corrected chi connectivity index (χ2v) is 4.31. The highest BCUT2D eigenvalue weighted by molar-refractivity contribution is 6.04. The van der Waals surface area contributed by atoms with Crippen LogP contribution in [0.4, 0.5) is 8.78 Å². The first kappa shape index (κ1) is 13.4. The van der Waals surface area contributed by atoms with Crippen molar-refractivity contribution in [3.63, 3.8) is 0 Å². The van der Waals surface area contributed by atoms with Gasteiger partial charge in [0, 0.05) is 13.1 Å². The molecule has 1 atom stereocenters. The molecule has 0 unspecified atom stereocenters. The molecule has 1 amide bonds. The molecule has 2 N–H and O–H groups in total. The fraction of sp³-hybridized carbons (Fsp3) is 0.333. The zero-order valence-corrected chi connectivity index (χ0v) is 9.77. The van der Waals surface area contributed by atoms with Crippen molar-refractivity contribution >= 4 is 11.9 Å². The predicted octanol–water partition coefficient (Wildman–Crippen LogP) is 0.870. The third-order valence-corrected chi connectivity index (χ3v) is 2.97. The number of nitrogens with zero attached hydrogens (tertiary/aromatic N) is 1. The lowest BCUT2D eigenvalue weighted by Gasteiger charge is -2.17. The summed E-state index contributed by atoms with van der Waals surface area (Å²) in [6.07, 6.45) is -0.305. The maximum absolute atomic E-state index is 13.2. The molecule has 2 rings (SSSR count). The zero-order valence-electron chi connectivity index (χ0n) is 9.77. The molecule has 0 aromatic heterocycles. The molecule has 1 saturated heterocycles. The number of carboxylic acids is 1. The van der Waals surface area contributed by atoms with Gasteiger partial charge >= 0.3 is 5.97 Å². The molecule has 0 bridgehead atoms. The van der Waals surface area contributed by atoms with Crippen LogP contribution in [0.1, 0.15) is 27.1 Å². The van der Waals surface area contributed by atoms with Crippen molar-refractivity contribution in [2.24, 2.45) is 0 Å². The summed E-state index contributed by atoms with van der Waals surface area (Å²) in [7, 11) is 0. The second kappa shape index (κ2) is 4.93. The lowest BCUT2D eigenvalue weighted by molar-refractivity contribution is 0.0677. The molecular weight excluding hydrogens is 260 g/mol. The smallest absolute Gasteiger partial charge is 0.336 e. The normalized spacial score (nSPS) is 18.7. The van der Waals surface area contributed by atoms with Gasteiger partial charge in [0.05, 0.1) is 17.2 Å². The van der Waals surface area contributed by atoms with Gasteiger partial charge in [0.2, 0.25) is 0 Å². The molecule has 102 valence electrons. The van der Waals surface area contributed by atoms with E-state index in [9.17, 15) is 23.5 Å². The Hall–Kier alpha value is -2.02. The van der Waals surface area contributed by atoms with Crippen LogP contribution in [0.2, 0.25) is 0 Å². The van der Waals surface area contributed by atoms with Gasteiger partial charge in [0.15, 0.2) is 11.6 Å². The van der Waals surface area contributed by atoms with E-state index in [-0.39, 0.29) is 13.1 Å². The van der Waals surface area contributed by atoms with Crippen molar-refractivity contribution in [2.45, 2.75) is 12.5 Å². The topological polar surface area (TPSA) is 77.8 Å². The van der Waals surface area contributed by atoms with Crippen molar-refractivity contribution in [3.05, 3.63) is 34.9 Å². The summed E-state index contributed by atoms with van der Waals surface area (Å²) in [5.41, 5.74) is -1.01. The van der Waals surface area contributed by atoms with Gasteiger partial charge in [0.25, 0.3) is 5.91 Å². The molecule has 1 aliphatic heterocycles. The van der Waals surface area contributed by atoms with E-state index in [1.165, 1.54) is 4.90 Å². The summed E-state index contributed by atoms with van der Waals surface area (Å²) in [5, 5.41) is 18.2. The average Bonchev–Trinajstić information content (AvgIpc) is 2.77. The van der Waals surface area contributed by atoms with Gasteiger partial charge in [-0.05, 0) is 18.6 Å². The first-order valence-corrected chi connectivity index (χ1v) is 5.60. The zero-order chi connectivity index (χ0) is 14.2. The van der Waals surface area contributed by atoms with Gasteiger partial charge in [-0.2, -0.15) is 0 Å². The van der Waals surface area contributed by atoms with Gasteiger partial charge < -0.3 is 15.1 Å². The van der Waals surface area contributed by atoms with Crippen LogP contribution < -0.4 is 0 Å². The quantitative estimate of drug-likeness (QED) is 0.836. The van der Waals surface area contributed by atoms with E-state index in [4.69, 9.17) is 5.11 Å². The Morgan fingerprint density at radius 2 is 1.79 bits per heavy atom. The summed E-state index contributed by atoms with van der Waals surface area (Å²) in [6, 6.07) is 1.06. The number of aliphatic hydroxyl groups is 1. The minimum Gasteiger partial charge on any atom is -0.478 e. The monoisotopic (exact) mass is 271 g/mol. The van der Waals surface area contributed by atoms with E-state index < -0.39 is 40.7 Å². The van der Waals surface area contributed by atoms with Crippen LogP contribution >= 0.6 is 0 Å². The highest BCUT2D eigenvalue weighted by Crippen LogP contribution is 2.20. The van der Waals surface area contributed by atoms with Crippen LogP contribution in [0.5, 0.6) is 0 Å². The second-order valence-electron chi connectivity index (χ2n) is 4.31. The van der Waals surface area contributed by atoms with Gasteiger partial charge in [0.1, 0.15) is 0 Å². The molecule has 0 radical (unpaired) electrons. The van der Waals surface area contributed by atoms with Crippen LogP contribution in [-0.4, -0.2) is 46.2 Å². The van der Waals surface area contributed by atoms with Gasteiger partial charge in [-0.3, -0.25) is 4.79 Å². The number of aliphatic hydroxyl groups excluding tert-OH is 1. The highest BCUT2D eigenvalue weighted by atomic mass is 19.2. The number of carbonyl (C=O) groups is 2.